The lowest BCUT2D eigenvalue weighted by atomic mass is 9.62. The molecule has 1 atom stereocenters. The van der Waals surface area contributed by atoms with Gasteiger partial charge in [0.25, 0.3) is 0 Å². The van der Waals surface area contributed by atoms with Gasteiger partial charge in [0.1, 0.15) is 11.5 Å². The maximum absolute atomic E-state index is 15.5. The molecule has 8 aromatic rings. The highest BCUT2D eigenvalue weighted by Crippen LogP contribution is 2.60. The Morgan fingerprint density at radius 3 is 1.85 bits per heavy atom. The molecular formula is C43H28NO2P. The van der Waals surface area contributed by atoms with Crippen molar-refractivity contribution in [1.29, 1.82) is 0 Å². The van der Waals surface area contributed by atoms with E-state index < -0.39 is 12.6 Å². The third-order valence-electron chi connectivity index (χ3n) is 10.1. The first-order valence-electron chi connectivity index (χ1n) is 16.0. The molecule has 1 aromatic heterocycles. The Kier molecular flexibility index (Phi) is 5.48. The third-order valence-corrected chi connectivity index (χ3v) is 13.2. The Bertz CT molecular complexity index is 2540. The van der Waals surface area contributed by atoms with Crippen LogP contribution in [0.3, 0.4) is 0 Å². The minimum atomic E-state index is -3.23. The van der Waals surface area contributed by atoms with Crippen molar-refractivity contribution in [3.05, 3.63) is 192 Å². The minimum Gasteiger partial charge on any atom is -0.457 e. The first-order chi connectivity index (χ1) is 23.2. The van der Waals surface area contributed by atoms with Gasteiger partial charge in [-0.25, -0.2) is 0 Å². The van der Waals surface area contributed by atoms with Crippen molar-refractivity contribution in [3.63, 3.8) is 0 Å². The SMILES string of the molecule is O=P(c1ccccc1)(c1ccccc1)c1ccc2c(c1)Oc1ccccc1C21c2ccccc2-n2c3ccccc3c3cccc1c32. The van der Waals surface area contributed by atoms with Gasteiger partial charge in [-0.05, 0) is 35.4 Å². The molecule has 0 saturated carbocycles. The second kappa shape index (κ2) is 9.69. The lowest BCUT2D eigenvalue weighted by Crippen LogP contribution is -2.38. The number of ether oxygens (including phenoxy) is 1. The molecule has 10 rings (SSSR count). The zero-order valence-corrected chi connectivity index (χ0v) is 26.3. The van der Waals surface area contributed by atoms with Gasteiger partial charge in [0.05, 0.1) is 22.1 Å². The van der Waals surface area contributed by atoms with Gasteiger partial charge in [-0.15, -0.1) is 0 Å². The van der Waals surface area contributed by atoms with Crippen molar-refractivity contribution in [2.24, 2.45) is 0 Å². The van der Waals surface area contributed by atoms with E-state index in [0.717, 1.165) is 44.2 Å². The maximum Gasteiger partial charge on any atom is 0.171 e. The van der Waals surface area contributed by atoms with E-state index in [1.165, 1.54) is 32.9 Å². The van der Waals surface area contributed by atoms with E-state index in [1.54, 1.807) is 0 Å². The predicted octanol–water partition coefficient (Wildman–Crippen LogP) is 9.22. The van der Waals surface area contributed by atoms with Gasteiger partial charge in [0.2, 0.25) is 0 Å². The number of hydrogen-bond acceptors (Lipinski definition) is 2. The largest absolute Gasteiger partial charge is 0.457 e. The van der Waals surface area contributed by atoms with Crippen LogP contribution < -0.4 is 20.7 Å². The molecule has 222 valence electrons. The molecular weight excluding hydrogens is 593 g/mol. The zero-order valence-electron chi connectivity index (χ0n) is 25.4. The monoisotopic (exact) mass is 621 g/mol. The van der Waals surface area contributed by atoms with Crippen LogP contribution in [0.4, 0.5) is 0 Å². The summed E-state index contributed by atoms with van der Waals surface area (Å²) in [6, 6.07) is 58.6. The Hall–Kier alpha value is -5.63. The summed E-state index contributed by atoms with van der Waals surface area (Å²) in [6.45, 7) is 0. The van der Waals surface area contributed by atoms with Crippen molar-refractivity contribution < 1.29 is 9.30 Å². The van der Waals surface area contributed by atoms with Crippen LogP contribution >= 0.6 is 7.14 Å². The Morgan fingerprint density at radius 1 is 0.468 bits per heavy atom. The van der Waals surface area contributed by atoms with Crippen molar-refractivity contribution in [1.82, 2.24) is 4.57 Å². The fourth-order valence-electron chi connectivity index (χ4n) is 8.24. The fourth-order valence-corrected chi connectivity index (χ4v) is 10.9. The normalized spacial score (nSPS) is 16.0. The van der Waals surface area contributed by atoms with Gasteiger partial charge in [0.15, 0.2) is 7.14 Å². The summed E-state index contributed by atoms with van der Waals surface area (Å²) in [7, 11) is -3.23. The third kappa shape index (κ3) is 3.39. The molecule has 7 aromatic carbocycles. The Balaban J connectivity index is 1.33. The van der Waals surface area contributed by atoms with E-state index in [2.05, 4.69) is 102 Å². The number of nitrogens with zero attached hydrogens (tertiary/aromatic N) is 1. The second-order valence-corrected chi connectivity index (χ2v) is 15.1. The molecule has 3 nitrogen and oxygen atoms in total. The number of para-hydroxylation sites is 4. The molecule has 4 heteroatoms. The summed E-state index contributed by atoms with van der Waals surface area (Å²) < 4.78 is 24.8. The molecule has 0 amide bonds. The standard InChI is InChI=1S/C43H28NO2P/c45-47(29-14-3-1-4-15-29,30-16-5-2-6-17-30)31-26-27-36-41(28-31)46-40-25-12-9-21-35(40)43(36)34-20-8-11-24-39(34)44-38-23-10-7-18-32(38)33-19-13-22-37(43)42(33)44/h1-28H. The first kappa shape index (κ1) is 26.6. The molecule has 2 aliphatic heterocycles. The quantitative estimate of drug-likeness (QED) is 0.184. The summed E-state index contributed by atoms with van der Waals surface area (Å²) in [5.74, 6) is 1.53. The second-order valence-electron chi connectivity index (χ2n) is 12.4. The van der Waals surface area contributed by atoms with Crippen molar-refractivity contribution in [3.8, 4) is 17.2 Å². The molecule has 2 aliphatic rings. The van der Waals surface area contributed by atoms with Crippen LogP contribution in [-0.2, 0) is 9.98 Å². The molecule has 47 heavy (non-hydrogen) atoms. The molecule has 0 fully saturated rings. The lowest BCUT2D eigenvalue weighted by molar-refractivity contribution is 0.434. The fraction of sp³-hybridized carbons (Fsp3) is 0.0233. The van der Waals surface area contributed by atoms with Crippen LogP contribution in [-0.4, -0.2) is 4.57 Å². The van der Waals surface area contributed by atoms with Crippen LogP contribution in [0, 0.1) is 0 Å². The molecule has 0 saturated heterocycles. The molecule has 0 bridgehead atoms. The van der Waals surface area contributed by atoms with E-state index >= 15 is 4.57 Å². The van der Waals surface area contributed by atoms with Crippen LogP contribution in [0.25, 0.3) is 27.5 Å². The van der Waals surface area contributed by atoms with Gasteiger partial charge < -0.3 is 13.9 Å². The van der Waals surface area contributed by atoms with Gasteiger partial charge in [-0.2, -0.15) is 0 Å². The van der Waals surface area contributed by atoms with E-state index in [-0.39, 0.29) is 0 Å². The lowest BCUT2D eigenvalue weighted by Gasteiger charge is -2.45. The van der Waals surface area contributed by atoms with E-state index in [4.69, 9.17) is 4.74 Å². The van der Waals surface area contributed by atoms with Crippen LogP contribution in [0.15, 0.2) is 170 Å². The molecule has 0 radical (unpaired) electrons. The highest BCUT2D eigenvalue weighted by molar-refractivity contribution is 7.85. The zero-order chi connectivity index (χ0) is 31.2. The average Bonchev–Trinajstić information content (AvgIpc) is 3.49. The van der Waals surface area contributed by atoms with Crippen molar-refractivity contribution in [2.75, 3.05) is 0 Å². The summed E-state index contributed by atoms with van der Waals surface area (Å²) in [5, 5.41) is 4.81. The average molecular weight is 622 g/mol. The minimum absolute atomic E-state index is 0.660. The summed E-state index contributed by atoms with van der Waals surface area (Å²) in [5.41, 5.74) is 7.45. The number of fused-ring (bicyclic) bond motifs is 11. The van der Waals surface area contributed by atoms with Crippen LogP contribution in [0.1, 0.15) is 22.3 Å². The molecule has 3 heterocycles. The summed E-state index contributed by atoms with van der Waals surface area (Å²) in [4.78, 5) is 0. The Morgan fingerprint density at radius 2 is 1.06 bits per heavy atom. The van der Waals surface area contributed by atoms with E-state index in [0.29, 0.717) is 0 Å². The van der Waals surface area contributed by atoms with Gasteiger partial charge in [0, 0.05) is 37.8 Å². The molecule has 0 N–H and O–H groups in total. The summed E-state index contributed by atoms with van der Waals surface area (Å²) >= 11 is 0. The number of rotatable bonds is 3. The number of hydrogen-bond donors (Lipinski definition) is 0. The van der Waals surface area contributed by atoms with Crippen molar-refractivity contribution >= 4 is 44.9 Å². The van der Waals surface area contributed by atoms with Crippen LogP contribution in [0.5, 0.6) is 11.5 Å². The van der Waals surface area contributed by atoms with Gasteiger partial charge >= 0.3 is 0 Å². The highest BCUT2D eigenvalue weighted by atomic mass is 31.2. The number of aromatic nitrogens is 1. The van der Waals surface area contributed by atoms with E-state index in [9.17, 15) is 0 Å². The topological polar surface area (TPSA) is 31.2 Å². The van der Waals surface area contributed by atoms with E-state index in [1.807, 2.05) is 72.8 Å². The molecule has 1 unspecified atom stereocenters. The Labute approximate surface area is 272 Å². The van der Waals surface area contributed by atoms with Gasteiger partial charge in [-0.1, -0.05) is 146 Å². The van der Waals surface area contributed by atoms with Crippen molar-refractivity contribution in [2.45, 2.75) is 5.41 Å². The van der Waals surface area contributed by atoms with Gasteiger partial charge in [-0.3, -0.25) is 0 Å². The maximum atomic E-state index is 15.5. The predicted molar refractivity (Wildman–Crippen MR) is 192 cm³/mol. The molecule has 1 spiro atoms. The first-order valence-corrected chi connectivity index (χ1v) is 17.7. The van der Waals surface area contributed by atoms with Crippen LogP contribution in [0.2, 0.25) is 0 Å². The molecule has 0 aliphatic carbocycles. The highest BCUT2D eigenvalue weighted by Gasteiger charge is 2.50. The number of benzene rings is 7. The smallest absolute Gasteiger partial charge is 0.171 e. The summed E-state index contributed by atoms with van der Waals surface area (Å²) in [6.07, 6.45) is 0.